The zero-order valence-corrected chi connectivity index (χ0v) is 11.1. The van der Waals surface area contributed by atoms with E-state index in [4.69, 9.17) is 15.7 Å². The van der Waals surface area contributed by atoms with Crippen LogP contribution in [-0.4, -0.2) is 25.3 Å². The van der Waals surface area contributed by atoms with Crippen LogP contribution in [0.4, 0.5) is 5.69 Å². The lowest BCUT2D eigenvalue weighted by molar-refractivity contribution is 0.0313. The fourth-order valence-electron chi connectivity index (χ4n) is 2.40. The molecule has 0 spiro atoms. The van der Waals surface area contributed by atoms with Crippen LogP contribution in [0.3, 0.4) is 0 Å². The van der Waals surface area contributed by atoms with E-state index in [0.29, 0.717) is 24.3 Å². The van der Waals surface area contributed by atoms with Crippen molar-refractivity contribution in [2.45, 2.75) is 37.8 Å². The van der Waals surface area contributed by atoms with E-state index in [1.54, 1.807) is 0 Å². The second-order valence-electron chi connectivity index (χ2n) is 4.99. The van der Waals surface area contributed by atoms with Crippen LogP contribution in [0, 0.1) is 11.3 Å². The number of ether oxygens (including phenoxy) is 1. The Morgan fingerprint density at radius 3 is 2.74 bits per heavy atom. The van der Waals surface area contributed by atoms with Gasteiger partial charge in [-0.1, -0.05) is 12.1 Å². The minimum atomic E-state index is 0.354. The summed E-state index contributed by atoms with van der Waals surface area (Å²) >= 11 is 0. The summed E-state index contributed by atoms with van der Waals surface area (Å²) in [6, 6.07) is 10.1. The molecule has 1 aliphatic carbocycles. The third kappa shape index (κ3) is 4.23. The van der Waals surface area contributed by atoms with Gasteiger partial charge >= 0.3 is 0 Å². The molecule has 1 aliphatic rings. The van der Waals surface area contributed by atoms with Gasteiger partial charge in [-0.3, -0.25) is 0 Å². The highest BCUT2D eigenvalue weighted by molar-refractivity contribution is 5.56. The molecule has 0 unspecified atom stereocenters. The Labute approximate surface area is 114 Å². The first-order chi connectivity index (χ1) is 9.29. The van der Waals surface area contributed by atoms with Gasteiger partial charge in [-0.25, -0.2) is 0 Å². The maximum Gasteiger partial charge on any atom is 0.101 e. The van der Waals surface area contributed by atoms with Crippen molar-refractivity contribution in [1.82, 2.24) is 0 Å². The van der Waals surface area contributed by atoms with E-state index in [-0.39, 0.29) is 0 Å². The van der Waals surface area contributed by atoms with Crippen LogP contribution in [-0.2, 0) is 4.74 Å². The molecule has 19 heavy (non-hydrogen) atoms. The summed E-state index contributed by atoms with van der Waals surface area (Å²) in [4.78, 5) is 0. The molecule has 0 amide bonds. The first-order valence-corrected chi connectivity index (χ1v) is 6.90. The number of hydrogen-bond acceptors (Lipinski definition) is 4. The van der Waals surface area contributed by atoms with Gasteiger partial charge in [0.25, 0.3) is 0 Å². The van der Waals surface area contributed by atoms with Crippen LogP contribution in [0.25, 0.3) is 0 Å². The Balaban J connectivity index is 1.68. The Hall–Kier alpha value is -1.57. The summed E-state index contributed by atoms with van der Waals surface area (Å²) in [5.74, 6) is 0. The van der Waals surface area contributed by atoms with Crippen molar-refractivity contribution in [1.29, 1.82) is 5.26 Å². The molecule has 1 aromatic carbocycles. The Morgan fingerprint density at radius 2 is 2.00 bits per heavy atom. The van der Waals surface area contributed by atoms with Gasteiger partial charge in [0, 0.05) is 12.6 Å². The van der Waals surface area contributed by atoms with E-state index in [9.17, 15) is 0 Å². The zero-order chi connectivity index (χ0) is 13.5. The maximum absolute atomic E-state index is 8.97. The summed E-state index contributed by atoms with van der Waals surface area (Å²) in [7, 11) is 0. The lowest BCUT2D eigenvalue weighted by atomic mass is 9.94. The average molecular weight is 259 g/mol. The Kier molecular flexibility index (Phi) is 5.20. The fraction of sp³-hybridized carbons (Fsp3) is 0.533. The van der Waals surface area contributed by atoms with Gasteiger partial charge in [-0.05, 0) is 37.8 Å². The molecule has 0 aliphatic heterocycles. The van der Waals surface area contributed by atoms with Gasteiger partial charge in [0.1, 0.15) is 6.07 Å². The first-order valence-electron chi connectivity index (χ1n) is 6.90. The summed E-state index contributed by atoms with van der Waals surface area (Å²) < 4.78 is 5.83. The van der Waals surface area contributed by atoms with E-state index in [1.807, 2.05) is 24.3 Å². The third-order valence-corrected chi connectivity index (χ3v) is 3.54. The number of anilines is 1. The molecule has 3 N–H and O–H groups in total. The van der Waals surface area contributed by atoms with E-state index in [2.05, 4.69) is 11.4 Å². The van der Waals surface area contributed by atoms with E-state index in [1.165, 1.54) is 0 Å². The van der Waals surface area contributed by atoms with E-state index < -0.39 is 0 Å². The van der Waals surface area contributed by atoms with Gasteiger partial charge in [0.2, 0.25) is 0 Å². The first kappa shape index (κ1) is 13.9. The summed E-state index contributed by atoms with van der Waals surface area (Å²) in [6.45, 7) is 1.39. The van der Waals surface area contributed by atoms with E-state index in [0.717, 1.165) is 37.9 Å². The summed E-state index contributed by atoms with van der Waals surface area (Å²) in [6.07, 6.45) is 4.61. The van der Waals surface area contributed by atoms with Crippen LogP contribution in [0.5, 0.6) is 0 Å². The molecule has 1 saturated carbocycles. The molecular formula is C15H21N3O. The fourth-order valence-corrected chi connectivity index (χ4v) is 2.40. The number of nitrogens with two attached hydrogens (primary N) is 1. The highest BCUT2D eigenvalue weighted by atomic mass is 16.5. The number of rotatable bonds is 5. The lowest BCUT2D eigenvalue weighted by Gasteiger charge is -2.26. The van der Waals surface area contributed by atoms with Crippen LogP contribution in [0.2, 0.25) is 0 Å². The highest BCUT2D eigenvalue weighted by Crippen LogP contribution is 2.19. The van der Waals surface area contributed by atoms with E-state index >= 15 is 0 Å². The topological polar surface area (TPSA) is 71.1 Å². The standard InChI is InChI=1S/C15H21N3O/c16-11-12-3-1-2-4-15(12)18-9-10-19-14-7-5-13(17)6-8-14/h1-4,13-14,18H,5-10,17H2. The normalized spacial score (nSPS) is 22.7. The highest BCUT2D eigenvalue weighted by Gasteiger charge is 2.18. The van der Waals surface area contributed by atoms with Crippen molar-refractivity contribution < 1.29 is 4.74 Å². The predicted molar refractivity (Wildman–Crippen MR) is 75.8 cm³/mol. The molecule has 1 aromatic rings. The van der Waals surface area contributed by atoms with Crippen LogP contribution >= 0.6 is 0 Å². The van der Waals surface area contributed by atoms with Crippen LogP contribution in [0.1, 0.15) is 31.2 Å². The van der Waals surface area contributed by atoms with Crippen molar-refractivity contribution in [3.05, 3.63) is 29.8 Å². The van der Waals surface area contributed by atoms with Gasteiger partial charge in [0.05, 0.1) is 24.0 Å². The van der Waals surface area contributed by atoms with Crippen molar-refractivity contribution in [2.24, 2.45) is 5.73 Å². The molecular weight excluding hydrogens is 238 g/mol. The number of benzene rings is 1. The number of nitriles is 1. The van der Waals surface area contributed by atoms with Crippen molar-refractivity contribution >= 4 is 5.69 Å². The molecule has 0 saturated heterocycles. The minimum Gasteiger partial charge on any atom is -0.382 e. The molecule has 0 atom stereocenters. The van der Waals surface area contributed by atoms with Crippen LogP contribution in [0.15, 0.2) is 24.3 Å². The molecule has 4 heteroatoms. The monoisotopic (exact) mass is 259 g/mol. The largest absolute Gasteiger partial charge is 0.382 e. The quantitative estimate of drug-likeness (QED) is 0.796. The predicted octanol–water partition coefficient (Wildman–Crippen LogP) is 2.26. The average Bonchev–Trinajstić information content (AvgIpc) is 2.46. The van der Waals surface area contributed by atoms with Gasteiger partial charge < -0.3 is 15.8 Å². The number of nitrogens with one attached hydrogen (secondary N) is 1. The van der Waals surface area contributed by atoms with Crippen molar-refractivity contribution in [3.63, 3.8) is 0 Å². The zero-order valence-electron chi connectivity index (χ0n) is 11.1. The van der Waals surface area contributed by atoms with Gasteiger partial charge in [-0.2, -0.15) is 5.26 Å². The maximum atomic E-state index is 8.97. The van der Waals surface area contributed by atoms with Gasteiger partial charge in [0.15, 0.2) is 0 Å². The molecule has 102 valence electrons. The lowest BCUT2D eigenvalue weighted by Crippen LogP contribution is -2.31. The SMILES string of the molecule is N#Cc1ccccc1NCCOC1CCC(N)CC1. The second kappa shape index (κ2) is 7.13. The van der Waals surface area contributed by atoms with Crippen molar-refractivity contribution in [2.75, 3.05) is 18.5 Å². The molecule has 1 fully saturated rings. The van der Waals surface area contributed by atoms with Crippen LogP contribution < -0.4 is 11.1 Å². The Morgan fingerprint density at radius 1 is 1.26 bits per heavy atom. The number of para-hydroxylation sites is 1. The molecule has 0 aromatic heterocycles. The number of hydrogen-bond donors (Lipinski definition) is 2. The smallest absolute Gasteiger partial charge is 0.101 e. The van der Waals surface area contributed by atoms with Crippen molar-refractivity contribution in [3.8, 4) is 6.07 Å². The summed E-state index contributed by atoms with van der Waals surface area (Å²) in [5, 5.41) is 12.2. The summed E-state index contributed by atoms with van der Waals surface area (Å²) in [5.41, 5.74) is 7.41. The molecule has 2 rings (SSSR count). The second-order valence-corrected chi connectivity index (χ2v) is 4.99. The number of nitrogens with zero attached hydrogens (tertiary/aromatic N) is 1. The van der Waals surface area contributed by atoms with Gasteiger partial charge in [-0.15, -0.1) is 0 Å². The molecule has 0 radical (unpaired) electrons. The molecule has 4 nitrogen and oxygen atoms in total. The Bertz CT molecular complexity index is 433. The molecule has 0 heterocycles. The third-order valence-electron chi connectivity index (χ3n) is 3.54. The molecule has 0 bridgehead atoms. The minimum absolute atomic E-state index is 0.354.